The Morgan fingerprint density at radius 3 is 3.16 bits per heavy atom. The lowest BCUT2D eigenvalue weighted by molar-refractivity contribution is 0.238. The molecule has 0 amide bonds. The van der Waals surface area contributed by atoms with Gasteiger partial charge in [-0.1, -0.05) is 18.2 Å². The molecule has 0 spiro atoms. The zero-order valence-electron chi connectivity index (χ0n) is 11.0. The number of aromatic nitrogens is 1. The molecule has 2 aliphatic rings. The van der Waals surface area contributed by atoms with Crippen LogP contribution in [0.1, 0.15) is 30.1 Å². The molecule has 96 valence electrons. The van der Waals surface area contributed by atoms with Crippen LogP contribution in [0.15, 0.2) is 24.3 Å². The molecule has 2 aliphatic heterocycles. The summed E-state index contributed by atoms with van der Waals surface area (Å²) in [6.45, 7) is 2.35. The second-order valence-corrected chi connectivity index (χ2v) is 5.83. The van der Waals surface area contributed by atoms with E-state index in [2.05, 4.69) is 40.1 Å². The number of fused-ring (bicyclic) bond motifs is 5. The summed E-state index contributed by atoms with van der Waals surface area (Å²) in [4.78, 5) is 6.27. The molecule has 0 unspecified atom stereocenters. The van der Waals surface area contributed by atoms with E-state index < -0.39 is 0 Å². The molecule has 1 N–H and O–H groups in total. The Morgan fingerprint density at radius 1 is 1.37 bits per heavy atom. The number of benzene rings is 1. The number of nitrogens with one attached hydrogen (secondary N) is 1. The van der Waals surface area contributed by atoms with Gasteiger partial charge in [0.15, 0.2) is 0 Å². The van der Waals surface area contributed by atoms with Gasteiger partial charge in [-0.15, -0.1) is 12.3 Å². The molecule has 2 heteroatoms. The quantitative estimate of drug-likeness (QED) is 0.771. The molecule has 0 bridgehead atoms. The van der Waals surface area contributed by atoms with Crippen LogP contribution < -0.4 is 0 Å². The maximum atomic E-state index is 5.48. The minimum Gasteiger partial charge on any atom is -0.357 e. The van der Waals surface area contributed by atoms with E-state index in [0.717, 1.165) is 6.42 Å². The largest absolute Gasteiger partial charge is 0.357 e. The van der Waals surface area contributed by atoms with Crippen molar-refractivity contribution in [1.29, 1.82) is 0 Å². The maximum Gasteiger partial charge on any atom is 0.0505 e. The molecule has 1 saturated heterocycles. The maximum absolute atomic E-state index is 5.48. The van der Waals surface area contributed by atoms with E-state index in [4.69, 9.17) is 6.42 Å². The number of terminal acetylenes is 1. The van der Waals surface area contributed by atoms with Gasteiger partial charge >= 0.3 is 0 Å². The van der Waals surface area contributed by atoms with Crippen LogP contribution in [0, 0.1) is 18.3 Å². The average molecular weight is 250 g/mol. The van der Waals surface area contributed by atoms with Crippen LogP contribution in [-0.2, 0) is 6.42 Å². The predicted octanol–water partition coefficient (Wildman–Crippen LogP) is 3.11. The van der Waals surface area contributed by atoms with Gasteiger partial charge in [0, 0.05) is 36.1 Å². The molecule has 1 aromatic heterocycles. The smallest absolute Gasteiger partial charge is 0.0505 e. The summed E-state index contributed by atoms with van der Waals surface area (Å²) in [7, 11) is 0. The fraction of sp³-hybridized carbons (Fsp3) is 0.412. The molecule has 19 heavy (non-hydrogen) atoms. The zero-order valence-corrected chi connectivity index (χ0v) is 11.0. The Morgan fingerprint density at radius 2 is 2.26 bits per heavy atom. The summed E-state index contributed by atoms with van der Waals surface area (Å²) in [6, 6.07) is 9.24. The average Bonchev–Trinajstić information content (AvgIpc) is 2.98. The Balaban J connectivity index is 1.77. The van der Waals surface area contributed by atoms with Gasteiger partial charge in [0.25, 0.3) is 0 Å². The van der Waals surface area contributed by atoms with Gasteiger partial charge in [-0.05, 0) is 30.4 Å². The van der Waals surface area contributed by atoms with Gasteiger partial charge in [-0.3, -0.25) is 4.90 Å². The lowest BCUT2D eigenvalue weighted by Crippen LogP contribution is -2.31. The lowest BCUT2D eigenvalue weighted by Gasteiger charge is -2.29. The van der Waals surface area contributed by atoms with Gasteiger partial charge in [-0.25, -0.2) is 0 Å². The number of rotatable bonds is 1. The molecule has 2 atom stereocenters. The van der Waals surface area contributed by atoms with Crippen LogP contribution in [0.25, 0.3) is 10.9 Å². The third-order valence-electron chi connectivity index (χ3n) is 4.73. The van der Waals surface area contributed by atoms with Crippen LogP contribution in [0.4, 0.5) is 0 Å². The van der Waals surface area contributed by atoms with Crippen molar-refractivity contribution in [1.82, 2.24) is 9.88 Å². The molecule has 4 rings (SSSR count). The second-order valence-electron chi connectivity index (χ2n) is 5.83. The Bertz CT molecular complexity index is 661. The number of aromatic amines is 1. The van der Waals surface area contributed by atoms with Crippen molar-refractivity contribution < 1.29 is 0 Å². The second kappa shape index (κ2) is 4.15. The first-order valence-corrected chi connectivity index (χ1v) is 7.14. The topological polar surface area (TPSA) is 19.0 Å². The number of hydrogen-bond acceptors (Lipinski definition) is 1. The van der Waals surface area contributed by atoms with Gasteiger partial charge in [0.2, 0.25) is 0 Å². The van der Waals surface area contributed by atoms with E-state index in [1.807, 2.05) is 0 Å². The molecule has 0 saturated carbocycles. The van der Waals surface area contributed by atoms with Crippen LogP contribution in [-0.4, -0.2) is 23.0 Å². The highest BCUT2D eigenvalue weighted by Gasteiger charge is 2.37. The minimum absolute atomic E-state index is 0.564. The van der Waals surface area contributed by atoms with E-state index in [9.17, 15) is 0 Å². The third-order valence-corrected chi connectivity index (χ3v) is 4.73. The summed E-state index contributed by atoms with van der Waals surface area (Å²) in [6.07, 6.45) is 8.77. The van der Waals surface area contributed by atoms with Crippen LogP contribution in [0.2, 0.25) is 0 Å². The molecule has 3 heterocycles. The predicted molar refractivity (Wildman–Crippen MR) is 77.9 cm³/mol. The summed E-state index contributed by atoms with van der Waals surface area (Å²) >= 11 is 0. The monoisotopic (exact) mass is 250 g/mol. The highest BCUT2D eigenvalue weighted by molar-refractivity contribution is 5.85. The van der Waals surface area contributed by atoms with Crippen LogP contribution in [0.3, 0.4) is 0 Å². The molecule has 2 nitrogen and oxygen atoms in total. The van der Waals surface area contributed by atoms with Gasteiger partial charge in [-0.2, -0.15) is 0 Å². The molecule has 1 aromatic carbocycles. The van der Waals surface area contributed by atoms with Gasteiger partial charge < -0.3 is 4.98 Å². The van der Waals surface area contributed by atoms with Crippen molar-refractivity contribution in [2.24, 2.45) is 5.92 Å². The van der Waals surface area contributed by atoms with Crippen molar-refractivity contribution in [3.05, 3.63) is 35.5 Å². The van der Waals surface area contributed by atoms with Crippen molar-refractivity contribution >= 4 is 10.9 Å². The number of para-hydroxylation sites is 1. The third kappa shape index (κ3) is 1.62. The molecule has 2 aromatic rings. The van der Waals surface area contributed by atoms with Crippen molar-refractivity contribution in [2.45, 2.75) is 25.3 Å². The molecule has 0 aliphatic carbocycles. The summed E-state index contributed by atoms with van der Waals surface area (Å²) in [5.74, 6) is 3.51. The van der Waals surface area contributed by atoms with E-state index in [1.165, 1.54) is 42.5 Å². The fourth-order valence-electron chi connectivity index (χ4n) is 3.89. The minimum atomic E-state index is 0.564. The highest BCUT2D eigenvalue weighted by Crippen LogP contribution is 2.42. The molecule has 1 fully saturated rings. The van der Waals surface area contributed by atoms with Gasteiger partial charge in [0.05, 0.1) is 6.04 Å². The Kier molecular flexibility index (Phi) is 2.43. The van der Waals surface area contributed by atoms with Crippen molar-refractivity contribution in [3.63, 3.8) is 0 Å². The van der Waals surface area contributed by atoms with Crippen molar-refractivity contribution in [3.8, 4) is 12.3 Å². The molecular formula is C17H18N2. The first-order valence-electron chi connectivity index (χ1n) is 7.14. The first kappa shape index (κ1) is 11.1. The van der Waals surface area contributed by atoms with Gasteiger partial charge in [0.1, 0.15) is 0 Å². The van der Waals surface area contributed by atoms with E-state index >= 15 is 0 Å². The normalized spacial score (nSPS) is 26.1. The van der Waals surface area contributed by atoms with E-state index in [1.54, 1.807) is 5.56 Å². The van der Waals surface area contributed by atoms with E-state index in [0.29, 0.717) is 12.0 Å². The number of H-pyrrole nitrogens is 1. The SMILES string of the molecule is C#CC[C@H]1C[C@@H]2c3[nH]c4ccccc4c3CCN2C1. The standard InChI is InChI=1S/C17H18N2/c1-2-5-12-10-16-17-14(8-9-19(16)11-12)13-6-3-4-7-15(13)18-17/h1,3-4,6-7,12,16,18H,5,8-11H2/t12-,16+/m0/s1. The fourth-order valence-corrected chi connectivity index (χ4v) is 3.89. The zero-order chi connectivity index (χ0) is 12.8. The lowest BCUT2D eigenvalue weighted by atomic mass is 9.95. The van der Waals surface area contributed by atoms with Crippen LogP contribution >= 0.6 is 0 Å². The van der Waals surface area contributed by atoms with Crippen molar-refractivity contribution in [2.75, 3.05) is 13.1 Å². The first-order chi connectivity index (χ1) is 9.36. The number of hydrogen-bond donors (Lipinski definition) is 1. The Hall–Kier alpha value is -1.72. The number of nitrogens with zero attached hydrogens (tertiary/aromatic N) is 1. The Labute approximate surface area is 113 Å². The summed E-state index contributed by atoms with van der Waals surface area (Å²) in [5, 5.41) is 1.41. The van der Waals surface area contributed by atoms with Crippen LogP contribution in [0.5, 0.6) is 0 Å². The summed E-state index contributed by atoms with van der Waals surface area (Å²) in [5.41, 5.74) is 4.28. The molecule has 0 radical (unpaired) electrons. The molecular weight excluding hydrogens is 232 g/mol. The van der Waals surface area contributed by atoms with E-state index in [-0.39, 0.29) is 0 Å². The summed E-state index contributed by atoms with van der Waals surface area (Å²) < 4.78 is 0. The highest BCUT2D eigenvalue weighted by atomic mass is 15.2.